The van der Waals surface area contributed by atoms with Crippen LogP contribution in [0, 0.1) is 23.5 Å². The molecule has 2 saturated heterocycles. The van der Waals surface area contributed by atoms with Crippen molar-refractivity contribution in [3.05, 3.63) is 83.9 Å². The monoisotopic (exact) mass is 1030 g/mol. The molecule has 10 rings (SSSR count). The van der Waals surface area contributed by atoms with Crippen LogP contribution < -0.4 is 10.6 Å². The summed E-state index contributed by atoms with van der Waals surface area (Å²) in [5.41, 5.74) is 5.75. The summed E-state index contributed by atoms with van der Waals surface area (Å²) in [5, 5.41) is 38.0. The second-order valence-electron chi connectivity index (χ2n) is 20.6. The number of hydrogen-bond donors (Lipinski definition) is 5. The molecule has 8 heterocycles. The number of halogens is 2. The summed E-state index contributed by atoms with van der Waals surface area (Å²) in [7, 11) is 2.21. The molecular weight excluding hydrogens is 971 g/mol. The summed E-state index contributed by atoms with van der Waals surface area (Å²) >= 11 is 0. The Morgan fingerprint density at radius 2 is 1.27 bits per heavy atom. The van der Waals surface area contributed by atoms with Crippen molar-refractivity contribution in [2.24, 2.45) is 25.9 Å². The van der Waals surface area contributed by atoms with Gasteiger partial charge >= 0.3 is 0 Å². The highest BCUT2D eigenvalue weighted by molar-refractivity contribution is 6.76. The van der Waals surface area contributed by atoms with Gasteiger partial charge < -0.3 is 44.6 Å². The minimum atomic E-state index is -1.26. The van der Waals surface area contributed by atoms with E-state index in [-0.39, 0.29) is 42.0 Å². The lowest BCUT2D eigenvalue weighted by Crippen LogP contribution is -2.45. The third-order valence-corrected chi connectivity index (χ3v) is 15.7. The van der Waals surface area contributed by atoms with E-state index in [4.69, 9.17) is 19.2 Å². The number of aromatic nitrogens is 10. The second kappa shape index (κ2) is 22.1. The number of aryl methyl sites for hydroxylation is 2. The lowest BCUT2D eigenvalue weighted by atomic mass is 9.90. The van der Waals surface area contributed by atoms with Gasteiger partial charge in [-0.15, -0.1) is 0 Å². The molecule has 2 aromatic carbocycles. The molecule has 392 valence electrons. The Hall–Kier alpha value is -6.56. The van der Waals surface area contributed by atoms with Gasteiger partial charge in [-0.25, -0.2) is 28.7 Å². The average molecular weight is 1040 g/mol. The number of nitrogens with one attached hydrogen (secondary N) is 3. The van der Waals surface area contributed by atoms with Crippen LogP contribution >= 0.6 is 0 Å². The summed E-state index contributed by atoms with van der Waals surface area (Å²) in [6.45, 7) is 13.8. The van der Waals surface area contributed by atoms with Gasteiger partial charge in [-0.3, -0.25) is 19.0 Å². The van der Waals surface area contributed by atoms with Crippen LogP contribution in [0.3, 0.4) is 0 Å². The van der Waals surface area contributed by atoms with E-state index in [1.807, 2.05) is 6.92 Å². The average Bonchev–Trinajstić information content (AvgIpc) is 4.16. The lowest BCUT2D eigenvalue weighted by Gasteiger charge is -2.30. The highest BCUT2D eigenvalue weighted by Crippen LogP contribution is 2.31. The second-order valence-corrected chi connectivity index (χ2v) is 26.2. The maximum atomic E-state index is 13.9. The molecule has 19 nitrogen and oxygen atoms in total. The number of nitrogens with zero attached hydrogens (tertiary/aromatic N) is 9. The van der Waals surface area contributed by atoms with Crippen molar-refractivity contribution in [3.8, 4) is 22.8 Å². The molecule has 2 aliphatic heterocycles. The smallest absolute Gasteiger partial charge is 0.255 e. The van der Waals surface area contributed by atoms with Crippen molar-refractivity contribution in [2.45, 2.75) is 96.2 Å². The molecule has 5 N–H and O–H groups in total. The molecule has 0 spiro atoms. The largest absolute Gasteiger partial charge is 0.391 e. The normalized spacial score (nSPS) is 16.6. The van der Waals surface area contributed by atoms with Crippen molar-refractivity contribution in [1.29, 1.82) is 0 Å². The van der Waals surface area contributed by atoms with Crippen molar-refractivity contribution in [2.75, 3.05) is 33.0 Å². The van der Waals surface area contributed by atoms with Crippen LogP contribution in [-0.4, -0.2) is 136 Å². The van der Waals surface area contributed by atoms with Gasteiger partial charge in [0.1, 0.15) is 52.2 Å². The van der Waals surface area contributed by atoms with Gasteiger partial charge in [0, 0.05) is 78.4 Å². The summed E-state index contributed by atoms with van der Waals surface area (Å²) in [4.78, 5) is 48.2. The van der Waals surface area contributed by atoms with E-state index < -0.39 is 32.4 Å². The zero-order valence-electron chi connectivity index (χ0n) is 42.7. The molecule has 0 aliphatic carbocycles. The van der Waals surface area contributed by atoms with Gasteiger partial charge in [0.25, 0.3) is 11.8 Å². The molecule has 2 aliphatic rings. The van der Waals surface area contributed by atoms with Crippen LogP contribution in [0.1, 0.15) is 60.2 Å². The van der Waals surface area contributed by atoms with E-state index in [2.05, 4.69) is 60.4 Å². The van der Waals surface area contributed by atoms with Crippen molar-refractivity contribution >= 4 is 64.0 Å². The Labute approximate surface area is 427 Å². The standard InChI is InChI=1S/C29H39FN6O4Si.C23H25FN6O3/c1-18(27(37)19-8-10-39-11-9-19)32-29(38)22-16-36(17-40-12-13-41(3,4)5)28-26(22)33-23(15-31-28)25-21-7-6-20(30)14-24(21)35(2)34-25;1-12(21(31)13-5-7-33-8-6-13)27-23(32)16-10-25-22-20(16)28-17(11-26-22)19-15-4-3-14(24)9-18(15)30(2)29-19/h6-7,14-16,18-19,27,37H,8-13,17H2,1-5H3,(H,32,38);3-4,9-13,21,31H,5-8H2,1-2H3,(H,25,26)(H,27,32)/t18-,27-;12-,21-/m11/s1. The summed E-state index contributed by atoms with van der Waals surface area (Å²) < 4.78 is 49.3. The number of aliphatic hydroxyl groups excluding tert-OH is 2. The number of benzene rings is 2. The summed E-state index contributed by atoms with van der Waals surface area (Å²) in [6.07, 6.45) is 8.15. The zero-order valence-corrected chi connectivity index (χ0v) is 43.7. The Kier molecular flexibility index (Phi) is 15.6. The number of aliphatic hydroxyl groups is 2. The third-order valence-electron chi connectivity index (χ3n) is 14.0. The predicted molar refractivity (Wildman–Crippen MR) is 278 cm³/mol. The number of rotatable bonds is 15. The van der Waals surface area contributed by atoms with Crippen LogP contribution in [0.25, 0.3) is 66.9 Å². The molecule has 2 fully saturated rings. The van der Waals surface area contributed by atoms with Gasteiger partial charge in [-0.1, -0.05) is 19.6 Å². The lowest BCUT2D eigenvalue weighted by molar-refractivity contribution is -0.00426. The van der Waals surface area contributed by atoms with E-state index in [0.29, 0.717) is 100 Å². The molecule has 0 bridgehead atoms. The maximum Gasteiger partial charge on any atom is 0.255 e. The summed E-state index contributed by atoms with van der Waals surface area (Å²) in [5.74, 6) is -1.25. The number of aromatic amines is 1. The molecule has 0 unspecified atom stereocenters. The van der Waals surface area contributed by atoms with Crippen LogP contribution in [0.4, 0.5) is 8.78 Å². The minimum absolute atomic E-state index is 0.0637. The first-order valence-corrected chi connectivity index (χ1v) is 28.8. The van der Waals surface area contributed by atoms with Crippen LogP contribution in [-0.2, 0) is 35.0 Å². The molecule has 0 saturated carbocycles. The van der Waals surface area contributed by atoms with Gasteiger partial charge in [0.05, 0.1) is 58.8 Å². The highest BCUT2D eigenvalue weighted by Gasteiger charge is 2.31. The van der Waals surface area contributed by atoms with Gasteiger partial charge in [0.2, 0.25) is 0 Å². The molecule has 6 aromatic heterocycles. The first-order valence-electron chi connectivity index (χ1n) is 25.1. The van der Waals surface area contributed by atoms with E-state index >= 15 is 0 Å². The number of fused-ring (bicyclic) bond motifs is 4. The number of hydrogen-bond acceptors (Lipinski definition) is 13. The fraction of sp³-hybridized carbons (Fsp3) is 0.462. The molecule has 74 heavy (non-hydrogen) atoms. The minimum Gasteiger partial charge on any atom is -0.391 e. The van der Waals surface area contributed by atoms with E-state index in [1.54, 1.807) is 71.9 Å². The topological polar surface area (TPSA) is 234 Å². The first kappa shape index (κ1) is 52.3. The maximum absolute atomic E-state index is 13.9. The van der Waals surface area contributed by atoms with Crippen molar-refractivity contribution in [1.82, 2.24) is 59.7 Å². The van der Waals surface area contributed by atoms with E-state index in [0.717, 1.165) is 42.5 Å². The Bertz CT molecular complexity index is 3300. The molecule has 8 aromatic rings. The Balaban J connectivity index is 0.000000186. The van der Waals surface area contributed by atoms with Gasteiger partial charge in [-0.05, 0) is 93.8 Å². The molecule has 0 radical (unpaired) electrons. The van der Waals surface area contributed by atoms with Crippen LogP contribution in [0.15, 0.2) is 61.2 Å². The van der Waals surface area contributed by atoms with Gasteiger partial charge in [0.15, 0.2) is 11.3 Å². The van der Waals surface area contributed by atoms with Crippen LogP contribution in [0.5, 0.6) is 0 Å². The summed E-state index contributed by atoms with van der Waals surface area (Å²) in [6, 6.07) is 9.04. The Morgan fingerprint density at radius 3 is 1.80 bits per heavy atom. The van der Waals surface area contributed by atoms with Crippen molar-refractivity contribution in [3.63, 3.8) is 0 Å². The number of ether oxygens (including phenoxy) is 3. The SMILES string of the molecule is C[C@@H](NC(=O)c1c[nH]c2ncc(-c3nn(C)c4cc(F)ccc34)nc12)[C@@H](O)C1CCOCC1.C[C@@H](NC(=O)c1cn(COCC[Si](C)(C)C)c2ncc(-c3nn(C)c4cc(F)ccc34)nc12)[C@@H](O)C1CCOCC1. The molecule has 22 heteroatoms. The van der Waals surface area contributed by atoms with E-state index in [9.17, 15) is 28.6 Å². The Morgan fingerprint density at radius 1 is 0.770 bits per heavy atom. The number of H-pyrrole nitrogens is 1. The number of carbonyl (C=O) groups is 2. The highest BCUT2D eigenvalue weighted by atomic mass is 28.3. The molecular formula is C52H64F2N12O7Si. The number of carbonyl (C=O) groups excluding carboxylic acids is 2. The van der Waals surface area contributed by atoms with Gasteiger partial charge in [-0.2, -0.15) is 10.2 Å². The zero-order chi connectivity index (χ0) is 52.4. The molecule has 2 amide bonds. The first-order chi connectivity index (χ1) is 35.4. The quantitative estimate of drug-likeness (QED) is 0.0520. The predicted octanol–water partition coefficient (Wildman–Crippen LogP) is 6.90. The number of amides is 2. The van der Waals surface area contributed by atoms with Crippen LogP contribution in [0.2, 0.25) is 25.7 Å². The van der Waals surface area contributed by atoms with Crippen molar-refractivity contribution < 1.29 is 42.8 Å². The fourth-order valence-corrected chi connectivity index (χ4v) is 10.4. The fourth-order valence-electron chi connectivity index (χ4n) is 9.66. The third kappa shape index (κ3) is 11.4. The molecule has 4 atom stereocenters. The van der Waals surface area contributed by atoms with E-state index in [1.165, 1.54) is 24.3 Å².